The molecule has 0 radical (unpaired) electrons. The van der Waals surface area contributed by atoms with Crippen molar-refractivity contribution >= 4 is 11.6 Å². The number of piperidine rings is 1. The topological polar surface area (TPSA) is 81.3 Å². The molecule has 2 aliphatic rings. The molecular weight excluding hydrogens is 414 g/mol. The highest BCUT2D eigenvalue weighted by molar-refractivity contribution is 5.87. The van der Waals surface area contributed by atoms with Crippen LogP contribution in [0.1, 0.15) is 38.3 Å². The number of anilines is 1. The lowest BCUT2D eigenvalue weighted by atomic mass is 10.0. The van der Waals surface area contributed by atoms with Crippen molar-refractivity contribution in [1.82, 2.24) is 20.2 Å². The molecule has 2 aromatic rings. The summed E-state index contributed by atoms with van der Waals surface area (Å²) in [4.78, 5) is 37.3. The van der Waals surface area contributed by atoms with Crippen LogP contribution in [-0.4, -0.2) is 60.0 Å². The molecule has 3 heterocycles. The number of amides is 1. The van der Waals surface area contributed by atoms with Gasteiger partial charge in [-0.15, -0.1) is 0 Å². The van der Waals surface area contributed by atoms with Crippen molar-refractivity contribution in [3.05, 3.63) is 58.8 Å². The number of pyridine rings is 2. The van der Waals surface area contributed by atoms with E-state index in [1.165, 1.54) is 12.8 Å². The molecule has 2 N–H and O–H groups in total. The van der Waals surface area contributed by atoms with Gasteiger partial charge in [0.2, 0.25) is 5.91 Å². The fourth-order valence-corrected chi connectivity index (χ4v) is 4.52. The van der Waals surface area contributed by atoms with E-state index >= 15 is 0 Å². The normalized spacial score (nSPS) is 18.6. The molecule has 1 unspecified atom stereocenters. The van der Waals surface area contributed by atoms with Crippen molar-refractivity contribution in [2.75, 3.05) is 38.1 Å². The van der Waals surface area contributed by atoms with Crippen molar-refractivity contribution in [3.8, 4) is 11.1 Å². The maximum Gasteiger partial charge on any atom is 0.271 e. The molecule has 2 fully saturated rings. The number of likely N-dealkylation sites (tertiary alicyclic amines) is 1. The average molecular weight is 450 g/mol. The number of aryl methyl sites for hydroxylation is 1. The quantitative estimate of drug-likeness (QED) is 0.575. The predicted octanol–water partition coefficient (Wildman–Crippen LogP) is 2.98. The van der Waals surface area contributed by atoms with Crippen molar-refractivity contribution in [3.63, 3.8) is 0 Å². The monoisotopic (exact) mass is 449 g/mol. The molecule has 1 saturated heterocycles. The van der Waals surface area contributed by atoms with Gasteiger partial charge in [-0.05, 0) is 68.8 Å². The van der Waals surface area contributed by atoms with Crippen LogP contribution in [-0.2, 0) is 11.2 Å². The minimum absolute atomic E-state index is 0.0489. The summed E-state index contributed by atoms with van der Waals surface area (Å²) < 4.78 is 0. The lowest BCUT2D eigenvalue weighted by Gasteiger charge is -2.40. The third kappa shape index (κ3) is 5.90. The number of nitrogens with one attached hydrogen (secondary N) is 2. The summed E-state index contributed by atoms with van der Waals surface area (Å²) in [7, 11) is 1.86. The van der Waals surface area contributed by atoms with E-state index in [4.69, 9.17) is 0 Å². The fourth-order valence-electron chi connectivity index (χ4n) is 4.52. The Hall–Kier alpha value is -2.93. The number of aromatic amines is 1. The number of carbonyl (C=O) groups is 1. The third-order valence-electron chi connectivity index (χ3n) is 6.59. The van der Waals surface area contributed by atoms with Gasteiger partial charge < -0.3 is 20.1 Å². The van der Waals surface area contributed by atoms with E-state index in [0.717, 1.165) is 49.2 Å². The van der Waals surface area contributed by atoms with E-state index in [1.807, 2.05) is 36.4 Å². The maximum absolute atomic E-state index is 13.0. The summed E-state index contributed by atoms with van der Waals surface area (Å²) in [5.41, 5.74) is 3.71. The number of hydrogen-bond donors (Lipinski definition) is 2. The first kappa shape index (κ1) is 23.2. The number of hydrogen-bond acceptors (Lipinski definition) is 5. The molecule has 176 valence electrons. The zero-order valence-corrected chi connectivity index (χ0v) is 19.7. The van der Waals surface area contributed by atoms with E-state index in [-0.39, 0.29) is 17.5 Å². The van der Waals surface area contributed by atoms with Crippen LogP contribution in [0.15, 0.2) is 47.5 Å². The SMILES string of the molecule is CCc1cc(-c2c[nH]c(=O)c(N(CC3CC3)C3CCCN(C(=O)/C=C/CNC)C3)c2)ccn1. The molecule has 7 heteroatoms. The van der Waals surface area contributed by atoms with Crippen LogP contribution < -0.4 is 15.8 Å². The summed E-state index contributed by atoms with van der Waals surface area (Å²) in [6.45, 7) is 5.04. The van der Waals surface area contributed by atoms with Gasteiger partial charge in [0.25, 0.3) is 5.56 Å². The second-order valence-corrected chi connectivity index (χ2v) is 9.13. The van der Waals surface area contributed by atoms with E-state index < -0.39 is 0 Å². The van der Waals surface area contributed by atoms with Gasteiger partial charge in [-0.2, -0.15) is 0 Å². The van der Waals surface area contributed by atoms with E-state index in [0.29, 0.717) is 24.7 Å². The Morgan fingerprint density at radius 1 is 1.30 bits per heavy atom. The van der Waals surface area contributed by atoms with Gasteiger partial charge in [-0.1, -0.05) is 13.0 Å². The second-order valence-electron chi connectivity index (χ2n) is 9.13. The van der Waals surface area contributed by atoms with Crippen LogP contribution in [0.4, 0.5) is 5.69 Å². The van der Waals surface area contributed by atoms with Gasteiger partial charge in [0.1, 0.15) is 5.69 Å². The molecule has 1 saturated carbocycles. The molecule has 1 atom stereocenters. The lowest BCUT2D eigenvalue weighted by molar-refractivity contribution is -0.127. The Morgan fingerprint density at radius 2 is 2.15 bits per heavy atom. The van der Waals surface area contributed by atoms with Crippen molar-refractivity contribution < 1.29 is 4.79 Å². The van der Waals surface area contributed by atoms with E-state index in [2.05, 4.69) is 33.2 Å². The van der Waals surface area contributed by atoms with Gasteiger partial charge in [0.15, 0.2) is 0 Å². The minimum atomic E-state index is -0.0680. The molecule has 7 nitrogen and oxygen atoms in total. The zero-order chi connectivity index (χ0) is 23.2. The Kier molecular flexibility index (Phi) is 7.60. The second kappa shape index (κ2) is 10.8. The largest absolute Gasteiger partial charge is 0.362 e. The molecule has 2 aromatic heterocycles. The van der Waals surface area contributed by atoms with Gasteiger partial charge in [-0.25, -0.2) is 0 Å². The first-order valence-electron chi connectivity index (χ1n) is 12.1. The average Bonchev–Trinajstić information content (AvgIpc) is 3.67. The zero-order valence-electron chi connectivity index (χ0n) is 19.7. The van der Waals surface area contributed by atoms with E-state index in [9.17, 15) is 9.59 Å². The fraction of sp³-hybridized carbons (Fsp3) is 0.500. The van der Waals surface area contributed by atoms with Gasteiger partial charge in [0.05, 0.1) is 0 Å². The van der Waals surface area contributed by atoms with Crippen molar-refractivity contribution in [2.24, 2.45) is 5.92 Å². The molecule has 33 heavy (non-hydrogen) atoms. The van der Waals surface area contributed by atoms with Crippen LogP contribution in [0.5, 0.6) is 0 Å². The number of H-pyrrole nitrogens is 1. The molecule has 4 rings (SSSR count). The standard InChI is InChI=1S/C26H35N5O2/c1-3-22-14-20(10-12-28-22)21-15-24(26(33)29-16-21)31(17-19-8-9-19)23-6-5-13-30(18-23)25(32)7-4-11-27-2/h4,7,10,12,14-16,19,23,27H,3,5-6,8-9,11,13,17-18H2,1-2H3,(H,29,33)/b7-4+. The molecule has 1 aliphatic heterocycles. The minimum Gasteiger partial charge on any atom is -0.362 e. The van der Waals surface area contributed by atoms with Crippen LogP contribution >= 0.6 is 0 Å². The molecule has 1 amide bonds. The molecule has 0 aromatic carbocycles. The predicted molar refractivity (Wildman–Crippen MR) is 132 cm³/mol. The number of aromatic nitrogens is 2. The summed E-state index contributed by atoms with van der Waals surface area (Å²) in [6.07, 6.45) is 12.3. The number of likely N-dealkylation sites (N-methyl/N-ethyl adjacent to an activating group) is 1. The van der Waals surface area contributed by atoms with Crippen LogP contribution in [0.2, 0.25) is 0 Å². The first-order chi connectivity index (χ1) is 16.1. The Bertz CT molecular complexity index is 1040. The first-order valence-corrected chi connectivity index (χ1v) is 12.1. The summed E-state index contributed by atoms with van der Waals surface area (Å²) in [5.74, 6) is 0.676. The van der Waals surface area contributed by atoms with Gasteiger partial charge >= 0.3 is 0 Å². The summed E-state index contributed by atoms with van der Waals surface area (Å²) in [6, 6.07) is 6.23. The van der Waals surface area contributed by atoms with E-state index in [1.54, 1.807) is 12.3 Å². The molecule has 0 bridgehead atoms. The highest BCUT2D eigenvalue weighted by atomic mass is 16.2. The van der Waals surface area contributed by atoms with Crippen molar-refractivity contribution in [1.29, 1.82) is 0 Å². The Morgan fingerprint density at radius 3 is 2.91 bits per heavy atom. The molecule has 0 spiro atoms. The maximum atomic E-state index is 13.0. The van der Waals surface area contributed by atoms with Gasteiger partial charge in [-0.3, -0.25) is 14.6 Å². The summed E-state index contributed by atoms with van der Waals surface area (Å²) in [5, 5.41) is 3.03. The Balaban J connectivity index is 1.60. The molecule has 1 aliphatic carbocycles. The molecular formula is C26H35N5O2. The smallest absolute Gasteiger partial charge is 0.271 e. The highest BCUT2D eigenvalue weighted by Crippen LogP contribution is 2.34. The van der Waals surface area contributed by atoms with Gasteiger partial charge in [0, 0.05) is 61.9 Å². The highest BCUT2D eigenvalue weighted by Gasteiger charge is 2.33. The summed E-state index contributed by atoms with van der Waals surface area (Å²) >= 11 is 0. The van der Waals surface area contributed by atoms with Crippen LogP contribution in [0, 0.1) is 5.92 Å². The Labute approximate surface area is 195 Å². The third-order valence-corrected chi connectivity index (χ3v) is 6.59. The van der Waals surface area contributed by atoms with Crippen LogP contribution in [0.3, 0.4) is 0 Å². The number of rotatable bonds is 9. The number of nitrogens with zero attached hydrogens (tertiary/aromatic N) is 3. The van der Waals surface area contributed by atoms with Crippen molar-refractivity contribution in [2.45, 2.75) is 45.1 Å². The number of carbonyl (C=O) groups excluding carboxylic acids is 1. The van der Waals surface area contributed by atoms with Crippen LogP contribution in [0.25, 0.3) is 11.1 Å². The lowest BCUT2D eigenvalue weighted by Crippen LogP contribution is -2.51.